The molecule has 0 aromatic heterocycles. The number of benzene rings is 2. The fourth-order valence-electron chi connectivity index (χ4n) is 2.03. The summed E-state index contributed by atoms with van der Waals surface area (Å²) in [5.41, 5.74) is 3.86. The maximum atomic E-state index is 12.5. The molecule has 2 nitrogen and oxygen atoms in total. The fourth-order valence-corrected chi connectivity index (χ4v) is 2.39. The molecule has 6 heteroatoms. The molecule has 3 N–H and O–H groups in total. The highest BCUT2D eigenvalue weighted by molar-refractivity contribution is 14.1. The number of rotatable bonds is 4. The van der Waals surface area contributed by atoms with Crippen LogP contribution in [0.1, 0.15) is 22.7 Å². The van der Waals surface area contributed by atoms with Gasteiger partial charge in [-0.25, -0.2) is 0 Å². The molecule has 0 aliphatic carbocycles. The Bertz CT molecular complexity index is 579. The van der Waals surface area contributed by atoms with Crippen LogP contribution in [0.15, 0.2) is 48.5 Å². The Balaban J connectivity index is 2.13. The summed E-state index contributed by atoms with van der Waals surface area (Å²) in [4.78, 5) is 0. The summed E-state index contributed by atoms with van der Waals surface area (Å²) in [5, 5.41) is 0. The maximum Gasteiger partial charge on any atom is 0.416 e. The predicted molar refractivity (Wildman–Crippen MR) is 84.4 cm³/mol. The lowest BCUT2D eigenvalue weighted by Gasteiger charge is -2.17. The predicted octanol–water partition coefficient (Wildman–Crippen LogP) is 4.06. The van der Waals surface area contributed by atoms with Crippen LogP contribution in [0.4, 0.5) is 13.2 Å². The number of hydrogen-bond donors (Lipinski definition) is 2. The summed E-state index contributed by atoms with van der Waals surface area (Å²) in [6.07, 6.45) is -3.78. The molecule has 1 atom stereocenters. The van der Waals surface area contributed by atoms with Gasteiger partial charge in [-0.05, 0) is 64.4 Å². The molecule has 0 aliphatic heterocycles. The number of hydrazine groups is 1. The first-order valence-corrected chi connectivity index (χ1v) is 7.36. The van der Waals surface area contributed by atoms with Crippen molar-refractivity contribution in [1.29, 1.82) is 0 Å². The minimum atomic E-state index is -4.31. The number of alkyl halides is 3. The molecule has 0 bridgehead atoms. The van der Waals surface area contributed by atoms with E-state index in [1.165, 1.54) is 12.1 Å². The van der Waals surface area contributed by atoms with Gasteiger partial charge in [0, 0.05) is 9.61 Å². The number of hydrogen-bond acceptors (Lipinski definition) is 2. The van der Waals surface area contributed by atoms with Crippen LogP contribution in [0.5, 0.6) is 0 Å². The molecular weight excluding hydrogens is 392 g/mol. The summed E-state index contributed by atoms with van der Waals surface area (Å²) in [6, 6.07) is 12.9. The first kappa shape index (κ1) is 16.3. The van der Waals surface area contributed by atoms with Crippen LogP contribution in [0, 0.1) is 3.57 Å². The van der Waals surface area contributed by atoms with Crippen LogP contribution < -0.4 is 11.3 Å². The third kappa shape index (κ3) is 4.42. The van der Waals surface area contributed by atoms with Gasteiger partial charge in [0.1, 0.15) is 0 Å². The van der Waals surface area contributed by atoms with Crippen molar-refractivity contribution in [3.8, 4) is 0 Å². The van der Waals surface area contributed by atoms with Crippen molar-refractivity contribution < 1.29 is 13.2 Å². The minimum Gasteiger partial charge on any atom is -0.271 e. The quantitative estimate of drug-likeness (QED) is 0.457. The van der Waals surface area contributed by atoms with E-state index in [0.717, 1.165) is 26.8 Å². The van der Waals surface area contributed by atoms with Crippen molar-refractivity contribution in [3.05, 3.63) is 68.8 Å². The molecule has 1 unspecified atom stereocenters. The molecule has 0 amide bonds. The van der Waals surface area contributed by atoms with Gasteiger partial charge in [0.05, 0.1) is 5.56 Å². The van der Waals surface area contributed by atoms with Crippen molar-refractivity contribution in [2.45, 2.75) is 18.6 Å². The zero-order valence-corrected chi connectivity index (χ0v) is 13.1. The van der Waals surface area contributed by atoms with Crippen molar-refractivity contribution in [1.82, 2.24) is 5.43 Å². The lowest BCUT2D eigenvalue weighted by Crippen LogP contribution is -2.29. The average molecular weight is 406 g/mol. The highest BCUT2D eigenvalue weighted by Gasteiger charge is 2.30. The molecule has 0 saturated heterocycles. The molecule has 2 aromatic rings. The highest BCUT2D eigenvalue weighted by Crippen LogP contribution is 2.29. The van der Waals surface area contributed by atoms with Crippen molar-refractivity contribution in [2.75, 3.05) is 0 Å². The van der Waals surface area contributed by atoms with Gasteiger partial charge in [-0.15, -0.1) is 0 Å². The second-order valence-electron chi connectivity index (χ2n) is 4.67. The van der Waals surface area contributed by atoms with E-state index in [-0.39, 0.29) is 6.04 Å². The third-order valence-electron chi connectivity index (χ3n) is 3.19. The average Bonchev–Trinajstić information content (AvgIpc) is 2.45. The van der Waals surface area contributed by atoms with Crippen molar-refractivity contribution in [3.63, 3.8) is 0 Å². The Morgan fingerprint density at radius 2 is 1.57 bits per heavy atom. The van der Waals surface area contributed by atoms with E-state index in [9.17, 15) is 13.2 Å². The van der Waals surface area contributed by atoms with Crippen LogP contribution in [-0.2, 0) is 12.6 Å². The zero-order chi connectivity index (χ0) is 15.5. The molecule has 112 valence electrons. The summed E-state index contributed by atoms with van der Waals surface area (Å²) in [6.45, 7) is 0. The number of nitrogens with one attached hydrogen (secondary N) is 1. The van der Waals surface area contributed by atoms with Gasteiger partial charge in [-0.2, -0.15) is 13.2 Å². The Hall–Kier alpha value is -1.12. The summed E-state index contributed by atoms with van der Waals surface area (Å²) in [5.74, 6) is 5.56. The van der Waals surface area contributed by atoms with Gasteiger partial charge in [-0.3, -0.25) is 11.3 Å². The molecule has 0 spiro atoms. The monoisotopic (exact) mass is 406 g/mol. The zero-order valence-electron chi connectivity index (χ0n) is 11.0. The van der Waals surface area contributed by atoms with Crippen molar-refractivity contribution in [2.24, 2.45) is 5.84 Å². The van der Waals surface area contributed by atoms with E-state index in [4.69, 9.17) is 5.84 Å². The Kier molecular flexibility index (Phi) is 5.23. The van der Waals surface area contributed by atoms with E-state index in [2.05, 4.69) is 28.0 Å². The van der Waals surface area contributed by atoms with Crippen LogP contribution in [0.25, 0.3) is 0 Å². The third-order valence-corrected chi connectivity index (χ3v) is 3.91. The Morgan fingerprint density at radius 1 is 1.00 bits per heavy atom. The lowest BCUT2D eigenvalue weighted by molar-refractivity contribution is -0.137. The SMILES string of the molecule is NNC(Cc1ccc(C(F)(F)F)cc1)c1ccc(I)cc1. The summed E-state index contributed by atoms with van der Waals surface area (Å²) in [7, 11) is 0. The van der Waals surface area contributed by atoms with E-state index < -0.39 is 11.7 Å². The van der Waals surface area contributed by atoms with E-state index in [1.807, 2.05) is 24.3 Å². The van der Waals surface area contributed by atoms with E-state index >= 15 is 0 Å². The second-order valence-corrected chi connectivity index (χ2v) is 5.92. The van der Waals surface area contributed by atoms with Gasteiger partial charge in [0.25, 0.3) is 0 Å². The topological polar surface area (TPSA) is 38.0 Å². The van der Waals surface area contributed by atoms with E-state index in [0.29, 0.717) is 6.42 Å². The van der Waals surface area contributed by atoms with Crippen LogP contribution in [0.2, 0.25) is 0 Å². The molecule has 0 heterocycles. The van der Waals surface area contributed by atoms with Gasteiger partial charge in [-0.1, -0.05) is 24.3 Å². The summed E-state index contributed by atoms with van der Waals surface area (Å²) >= 11 is 2.21. The van der Waals surface area contributed by atoms with Gasteiger partial charge < -0.3 is 0 Å². The fraction of sp³-hybridized carbons (Fsp3) is 0.200. The maximum absolute atomic E-state index is 12.5. The normalized spacial score (nSPS) is 13.2. The largest absolute Gasteiger partial charge is 0.416 e. The highest BCUT2D eigenvalue weighted by atomic mass is 127. The minimum absolute atomic E-state index is 0.140. The Morgan fingerprint density at radius 3 is 2.05 bits per heavy atom. The molecule has 0 saturated carbocycles. The first-order valence-electron chi connectivity index (χ1n) is 6.28. The lowest BCUT2D eigenvalue weighted by atomic mass is 9.98. The van der Waals surface area contributed by atoms with Gasteiger partial charge in [0.15, 0.2) is 0 Å². The van der Waals surface area contributed by atoms with Crippen LogP contribution in [0.3, 0.4) is 0 Å². The molecule has 2 aromatic carbocycles. The molecule has 0 aliphatic rings. The van der Waals surface area contributed by atoms with Gasteiger partial charge in [0.2, 0.25) is 0 Å². The Labute approximate surface area is 134 Å². The number of nitrogens with two attached hydrogens (primary N) is 1. The molecule has 0 radical (unpaired) electrons. The molecule has 0 fully saturated rings. The molecular formula is C15H14F3IN2. The smallest absolute Gasteiger partial charge is 0.271 e. The first-order chi connectivity index (χ1) is 9.90. The summed E-state index contributed by atoms with van der Waals surface area (Å²) < 4.78 is 38.7. The molecule has 2 rings (SSSR count). The van der Waals surface area contributed by atoms with E-state index in [1.54, 1.807) is 0 Å². The van der Waals surface area contributed by atoms with Gasteiger partial charge >= 0.3 is 6.18 Å². The van der Waals surface area contributed by atoms with Crippen LogP contribution >= 0.6 is 22.6 Å². The second kappa shape index (κ2) is 6.76. The number of halogens is 4. The van der Waals surface area contributed by atoms with Crippen LogP contribution in [-0.4, -0.2) is 0 Å². The molecule has 21 heavy (non-hydrogen) atoms. The standard InChI is InChI=1S/C15H14F3IN2/c16-15(17,18)12-5-1-10(2-6-12)9-14(21-20)11-3-7-13(19)8-4-11/h1-8,14,21H,9,20H2. The van der Waals surface area contributed by atoms with Crippen molar-refractivity contribution >= 4 is 22.6 Å².